The average Bonchev–Trinajstić information content (AvgIpc) is 2.81. The zero-order valence-electron chi connectivity index (χ0n) is 18.3. The van der Waals surface area contributed by atoms with Crippen molar-refractivity contribution in [3.05, 3.63) is 99.7 Å². The van der Waals surface area contributed by atoms with Gasteiger partial charge in [0.25, 0.3) is 5.56 Å². The van der Waals surface area contributed by atoms with E-state index in [-0.39, 0.29) is 18.2 Å². The summed E-state index contributed by atoms with van der Waals surface area (Å²) < 4.78 is 21.5. The lowest BCUT2D eigenvalue weighted by Crippen LogP contribution is -2.35. The quantitative estimate of drug-likeness (QED) is 0.533. The van der Waals surface area contributed by atoms with Crippen LogP contribution in [-0.2, 0) is 19.7 Å². The van der Waals surface area contributed by atoms with Gasteiger partial charge in [0.05, 0.1) is 18.2 Å². The number of aliphatic hydroxyl groups is 1. The first-order valence-electron chi connectivity index (χ1n) is 11.1. The van der Waals surface area contributed by atoms with E-state index in [4.69, 9.17) is 4.74 Å². The molecule has 0 saturated carbocycles. The average molecular weight is 451 g/mol. The minimum atomic E-state index is -0.592. The van der Waals surface area contributed by atoms with Gasteiger partial charge in [-0.2, -0.15) is 0 Å². The minimum Gasteiger partial charge on any atom is -0.489 e. The van der Waals surface area contributed by atoms with Crippen LogP contribution in [-0.4, -0.2) is 39.6 Å². The molecule has 6 nitrogen and oxygen atoms in total. The van der Waals surface area contributed by atoms with Crippen LogP contribution in [0.3, 0.4) is 0 Å². The molecule has 4 rings (SSSR count). The van der Waals surface area contributed by atoms with Gasteiger partial charge in [-0.05, 0) is 42.2 Å². The molecule has 0 bridgehead atoms. The van der Waals surface area contributed by atoms with Crippen LogP contribution in [0.2, 0.25) is 0 Å². The Labute approximate surface area is 191 Å². The minimum absolute atomic E-state index is 0.0379. The molecule has 1 aliphatic heterocycles. The molecule has 0 aliphatic carbocycles. The number of pyridine rings is 1. The molecule has 2 heterocycles. The van der Waals surface area contributed by atoms with E-state index in [2.05, 4.69) is 4.90 Å². The van der Waals surface area contributed by atoms with Gasteiger partial charge < -0.3 is 14.4 Å². The Morgan fingerprint density at radius 2 is 1.79 bits per heavy atom. The fraction of sp³-hybridized carbons (Fsp3) is 0.308. The van der Waals surface area contributed by atoms with Crippen LogP contribution in [0, 0.1) is 5.82 Å². The van der Waals surface area contributed by atoms with Gasteiger partial charge >= 0.3 is 0 Å². The molecule has 1 aromatic heterocycles. The number of Topliss-reactive ketones (excluding diaryl/α,β-unsaturated/α-hetero) is 1. The summed E-state index contributed by atoms with van der Waals surface area (Å²) in [4.78, 5) is 27.2. The van der Waals surface area contributed by atoms with E-state index in [1.807, 2.05) is 30.3 Å². The topological polar surface area (TPSA) is 71.8 Å². The van der Waals surface area contributed by atoms with Gasteiger partial charge in [-0.1, -0.05) is 36.4 Å². The van der Waals surface area contributed by atoms with E-state index in [1.165, 1.54) is 29.0 Å². The Hall–Kier alpha value is -3.29. The fourth-order valence-corrected chi connectivity index (χ4v) is 3.91. The van der Waals surface area contributed by atoms with E-state index >= 15 is 0 Å². The molecular formula is C26H27FN2O4. The second kappa shape index (κ2) is 10.6. The SMILES string of the molecule is O=C(Cn1ccc(OCc2ccccc2)cc1=O)c1ccc(CN2CCC(O)CC2)cc1F. The van der Waals surface area contributed by atoms with Crippen molar-refractivity contribution < 1.29 is 19.0 Å². The molecule has 7 heteroatoms. The Morgan fingerprint density at radius 1 is 1.03 bits per heavy atom. The van der Waals surface area contributed by atoms with Crippen LogP contribution >= 0.6 is 0 Å². The predicted octanol–water partition coefficient (Wildman–Crippen LogP) is 3.41. The number of ketones is 1. The Balaban J connectivity index is 1.36. The largest absolute Gasteiger partial charge is 0.489 e. The van der Waals surface area contributed by atoms with Crippen molar-refractivity contribution in [3.63, 3.8) is 0 Å². The summed E-state index contributed by atoms with van der Waals surface area (Å²) in [6, 6.07) is 17.1. The van der Waals surface area contributed by atoms with Crippen molar-refractivity contribution in [2.75, 3.05) is 13.1 Å². The van der Waals surface area contributed by atoms with Crippen molar-refractivity contribution >= 4 is 5.78 Å². The molecule has 0 amide bonds. The molecular weight excluding hydrogens is 423 g/mol. The number of aliphatic hydroxyl groups excluding tert-OH is 1. The smallest absolute Gasteiger partial charge is 0.254 e. The highest BCUT2D eigenvalue weighted by molar-refractivity contribution is 5.96. The summed E-state index contributed by atoms with van der Waals surface area (Å²) in [5, 5.41) is 9.61. The van der Waals surface area contributed by atoms with Crippen LogP contribution < -0.4 is 10.3 Å². The maximum Gasteiger partial charge on any atom is 0.254 e. The number of benzene rings is 2. The molecule has 1 aliphatic rings. The van der Waals surface area contributed by atoms with Gasteiger partial charge in [-0.3, -0.25) is 14.5 Å². The van der Waals surface area contributed by atoms with Crippen molar-refractivity contribution in [3.8, 4) is 5.75 Å². The van der Waals surface area contributed by atoms with Gasteiger partial charge in [-0.15, -0.1) is 0 Å². The van der Waals surface area contributed by atoms with Crippen molar-refractivity contribution in [1.29, 1.82) is 0 Å². The lowest BCUT2D eigenvalue weighted by atomic mass is 10.0. The highest BCUT2D eigenvalue weighted by Crippen LogP contribution is 2.17. The number of carbonyl (C=O) groups excluding carboxylic acids is 1. The molecule has 172 valence electrons. The first kappa shape index (κ1) is 22.9. The van der Waals surface area contributed by atoms with E-state index in [0.717, 1.165) is 24.2 Å². The number of carbonyl (C=O) groups is 1. The molecule has 3 aromatic rings. The summed E-state index contributed by atoms with van der Waals surface area (Å²) in [7, 11) is 0. The number of piperidine rings is 1. The zero-order chi connectivity index (χ0) is 23.2. The number of likely N-dealkylation sites (tertiary alicyclic amines) is 1. The molecule has 1 N–H and O–H groups in total. The lowest BCUT2D eigenvalue weighted by molar-refractivity contribution is 0.0791. The highest BCUT2D eigenvalue weighted by Gasteiger charge is 2.18. The number of halogens is 1. The fourth-order valence-electron chi connectivity index (χ4n) is 3.91. The summed E-state index contributed by atoms with van der Waals surface area (Å²) >= 11 is 0. The maximum absolute atomic E-state index is 14.7. The molecule has 2 aromatic carbocycles. The van der Waals surface area contributed by atoms with Crippen molar-refractivity contribution in [1.82, 2.24) is 9.47 Å². The van der Waals surface area contributed by atoms with E-state index < -0.39 is 17.2 Å². The van der Waals surface area contributed by atoms with Gasteiger partial charge in [0.1, 0.15) is 18.2 Å². The van der Waals surface area contributed by atoms with Gasteiger partial charge in [-0.25, -0.2) is 4.39 Å². The monoisotopic (exact) mass is 450 g/mol. The Morgan fingerprint density at radius 3 is 2.48 bits per heavy atom. The molecule has 33 heavy (non-hydrogen) atoms. The van der Waals surface area contributed by atoms with Gasteiger partial charge in [0, 0.05) is 31.9 Å². The third kappa shape index (κ3) is 6.15. The number of nitrogens with zero attached hydrogens (tertiary/aromatic N) is 2. The molecule has 0 unspecified atom stereocenters. The van der Waals surface area contributed by atoms with Crippen molar-refractivity contribution in [2.45, 2.75) is 38.6 Å². The van der Waals surface area contributed by atoms with Crippen LogP contribution in [0.4, 0.5) is 4.39 Å². The van der Waals surface area contributed by atoms with Crippen LogP contribution in [0.5, 0.6) is 5.75 Å². The molecule has 0 atom stereocenters. The molecule has 0 spiro atoms. The van der Waals surface area contributed by atoms with E-state index in [9.17, 15) is 19.1 Å². The maximum atomic E-state index is 14.7. The molecule has 1 saturated heterocycles. The highest BCUT2D eigenvalue weighted by atomic mass is 19.1. The number of ether oxygens (including phenoxy) is 1. The molecule has 1 fully saturated rings. The summed E-state index contributed by atoms with van der Waals surface area (Å²) in [6.07, 6.45) is 2.65. The summed E-state index contributed by atoms with van der Waals surface area (Å²) in [5.41, 5.74) is 1.33. The zero-order valence-corrected chi connectivity index (χ0v) is 18.3. The third-order valence-corrected chi connectivity index (χ3v) is 5.83. The number of hydrogen-bond acceptors (Lipinski definition) is 5. The summed E-state index contributed by atoms with van der Waals surface area (Å²) in [6.45, 7) is 2.17. The molecule has 0 radical (unpaired) electrons. The standard InChI is InChI=1S/C26H27FN2O4/c27-24-14-20(16-28-11-8-21(30)9-12-28)6-7-23(24)25(31)17-29-13-10-22(15-26(29)32)33-18-19-4-2-1-3-5-19/h1-7,10,13-15,21,30H,8-9,11-12,16-18H2. The van der Waals surface area contributed by atoms with Gasteiger partial charge in [0.2, 0.25) is 0 Å². The third-order valence-electron chi connectivity index (χ3n) is 5.83. The van der Waals surface area contributed by atoms with Crippen LogP contribution in [0.1, 0.15) is 34.3 Å². The number of rotatable bonds is 8. The first-order valence-corrected chi connectivity index (χ1v) is 11.1. The second-order valence-corrected chi connectivity index (χ2v) is 8.35. The Kier molecular flexibility index (Phi) is 7.32. The normalized spacial score (nSPS) is 14.8. The van der Waals surface area contributed by atoms with Crippen molar-refractivity contribution in [2.24, 2.45) is 0 Å². The lowest BCUT2D eigenvalue weighted by Gasteiger charge is -2.29. The Bertz CT molecular complexity index is 1150. The van der Waals surface area contributed by atoms with E-state index in [1.54, 1.807) is 12.1 Å². The van der Waals surface area contributed by atoms with E-state index in [0.29, 0.717) is 31.7 Å². The summed E-state index contributed by atoms with van der Waals surface area (Å²) in [5.74, 6) is -0.654. The number of hydrogen-bond donors (Lipinski definition) is 1. The van der Waals surface area contributed by atoms with Gasteiger partial charge in [0.15, 0.2) is 5.78 Å². The predicted molar refractivity (Wildman–Crippen MR) is 123 cm³/mol. The van der Waals surface area contributed by atoms with Crippen LogP contribution in [0.25, 0.3) is 0 Å². The second-order valence-electron chi connectivity index (χ2n) is 8.35. The number of aromatic nitrogens is 1. The first-order chi connectivity index (χ1) is 16.0. The van der Waals surface area contributed by atoms with Crippen LogP contribution in [0.15, 0.2) is 71.7 Å².